The number of urea groups is 1. The van der Waals surface area contributed by atoms with Crippen LogP contribution in [0, 0.1) is 5.92 Å². The van der Waals surface area contributed by atoms with Gasteiger partial charge < -0.3 is 15.0 Å². The van der Waals surface area contributed by atoms with Crippen molar-refractivity contribution in [1.82, 2.24) is 15.5 Å². The largest absolute Gasteiger partial charge is 0.494 e. The zero-order chi connectivity index (χ0) is 24.3. The van der Waals surface area contributed by atoms with Gasteiger partial charge in [0.05, 0.1) is 11.5 Å². The highest BCUT2D eigenvalue weighted by atomic mass is 32.2. The SMILES string of the molecule is CCOc1ccc(NS(=O)(=O)c2ccc(C(=O)N3CCCC(C4NC(=O)NC4=O)C3)cc2)cc1. The number of rotatable bonds is 7. The number of benzene rings is 2. The van der Waals surface area contributed by atoms with Gasteiger partial charge in [-0.25, -0.2) is 13.2 Å². The topological polar surface area (TPSA) is 134 Å². The van der Waals surface area contributed by atoms with Gasteiger partial charge in [0.25, 0.3) is 21.8 Å². The Kier molecular flexibility index (Phi) is 6.73. The number of sulfonamides is 1. The molecule has 0 radical (unpaired) electrons. The van der Waals surface area contributed by atoms with Crippen LogP contribution in [-0.2, 0) is 14.8 Å². The average Bonchev–Trinajstić information content (AvgIpc) is 3.18. The quantitative estimate of drug-likeness (QED) is 0.512. The highest BCUT2D eigenvalue weighted by Crippen LogP contribution is 2.24. The molecule has 2 heterocycles. The number of imide groups is 1. The number of likely N-dealkylation sites (tertiary alicyclic amines) is 1. The molecule has 2 saturated heterocycles. The summed E-state index contributed by atoms with van der Waals surface area (Å²) in [6.45, 7) is 3.23. The van der Waals surface area contributed by atoms with Crippen molar-refractivity contribution in [1.29, 1.82) is 0 Å². The van der Waals surface area contributed by atoms with Gasteiger partial charge in [0.15, 0.2) is 0 Å². The fourth-order valence-corrected chi connectivity index (χ4v) is 5.25. The predicted molar refractivity (Wildman–Crippen MR) is 124 cm³/mol. The summed E-state index contributed by atoms with van der Waals surface area (Å²) >= 11 is 0. The van der Waals surface area contributed by atoms with Gasteiger partial charge >= 0.3 is 6.03 Å². The molecule has 2 aromatic carbocycles. The van der Waals surface area contributed by atoms with Crippen LogP contribution in [0.2, 0.25) is 0 Å². The van der Waals surface area contributed by atoms with Crippen LogP contribution >= 0.6 is 0 Å². The lowest BCUT2D eigenvalue weighted by atomic mass is 9.90. The van der Waals surface area contributed by atoms with E-state index in [1.54, 1.807) is 29.2 Å². The van der Waals surface area contributed by atoms with E-state index in [-0.39, 0.29) is 22.6 Å². The molecular weight excluding hydrogens is 460 g/mol. The standard InChI is InChI=1S/C23H26N4O6S/c1-2-33-18-9-7-17(8-10-18)26-34(31,32)19-11-5-15(6-12-19)22(29)27-13-3-4-16(14-27)20-21(28)25-23(30)24-20/h5-12,16,20,26H,2-4,13-14H2,1H3,(H2,24,25,28,30). The van der Waals surface area contributed by atoms with Crippen molar-refractivity contribution in [2.24, 2.45) is 5.92 Å². The van der Waals surface area contributed by atoms with Gasteiger partial charge in [0, 0.05) is 30.3 Å². The second-order valence-corrected chi connectivity index (χ2v) is 9.86. The second kappa shape index (κ2) is 9.72. The Balaban J connectivity index is 1.41. The van der Waals surface area contributed by atoms with Crippen LogP contribution in [0.4, 0.5) is 10.5 Å². The maximum Gasteiger partial charge on any atom is 0.322 e. The lowest BCUT2D eigenvalue weighted by Gasteiger charge is -2.34. The summed E-state index contributed by atoms with van der Waals surface area (Å²) in [5.74, 6) is -0.164. The number of hydrogen-bond acceptors (Lipinski definition) is 6. The van der Waals surface area contributed by atoms with Gasteiger partial charge in [0.2, 0.25) is 0 Å². The van der Waals surface area contributed by atoms with Crippen molar-refractivity contribution in [2.45, 2.75) is 30.7 Å². The molecule has 0 bridgehead atoms. The first-order chi connectivity index (χ1) is 16.3. The molecule has 10 nitrogen and oxygen atoms in total. The number of ether oxygens (including phenoxy) is 1. The van der Waals surface area contributed by atoms with Crippen molar-refractivity contribution in [3.05, 3.63) is 54.1 Å². The molecule has 3 N–H and O–H groups in total. The minimum absolute atomic E-state index is 0.0276. The molecule has 0 aromatic heterocycles. The van der Waals surface area contributed by atoms with Gasteiger partial charge in [-0.2, -0.15) is 0 Å². The maximum atomic E-state index is 13.0. The number of carbonyl (C=O) groups excluding carboxylic acids is 3. The van der Waals surface area contributed by atoms with Crippen LogP contribution in [0.1, 0.15) is 30.1 Å². The number of carbonyl (C=O) groups is 3. The highest BCUT2D eigenvalue weighted by molar-refractivity contribution is 7.92. The van der Waals surface area contributed by atoms with Crippen molar-refractivity contribution >= 4 is 33.6 Å². The van der Waals surface area contributed by atoms with Crippen LogP contribution in [0.25, 0.3) is 0 Å². The molecule has 2 aliphatic rings. The van der Waals surface area contributed by atoms with Crippen LogP contribution in [0.3, 0.4) is 0 Å². The molecule has 0 spiro atoms. The first kappa shape index (κ1) is 23.6. The first-order valence-corrected chi connectivity index (χ1v) is 12.5. The molecular formula is C23H26N4O6S. The van der Waals surface area contributed by atoms with Crippen molar-refractivity contribution < 1.29 is 27.5 Å². The number of anilines is 1. The number of amides is 4. The molecule has 34 heavy (non-hydrogen) atoms. The Hall–Kier alpha value is -3.60. The van der Waals surface area contributed by atoms with E-state index in [0.29, 0.717) is 43.1 Å². The minimum Gasteiger partial charge on any atom is -0.494 e. The third kappa shape index (κ3) is 5.14. The highest BCUT2D eigenvalue weighted by Gasteiger charge is 2.39. The van der Waals surface area contributed by atoms with E-state index in [4.69, 9.17) is 4.74 Å². The van der Waals surface area contributed by atoms with Crippen LogP contribution < -0.4 is 20.1 Å². The van der Waals surface area contributed by atoms with Crippen molar-refractivity contribution in [2.75, 3.05) is 24.4 Å². The molecule has 2 aliphatic heterocycles. The van der Waals surface area contributed by atoms with Crippen LogP contribution in [0.15, 0.2) is 53.4 Å². The number of piperidine rings is 1. The molecule has 0 aliphatic carbocycles. The lowest BCUT2D eigenvalue weighted by Crippen LogP contribution is -2.48. The summed E-state index contributed by atoms with van der Waals surface area (Å²) in [5, 5.41) is 4.83. The summed E-state index contributed by atoms with van der Waals surface area (Å²) in [6.07, 6.45) is 1.42. The van der Waals surface area contributed by atoms with E-state index in [9.17, 15) is 22.8 Å². The predicted octanol–water partition coefficient (Wildman–Crippen LogP) is 1.95. The van der Waals surface area contributed by atoms with Gasteiger partial charge in [-0.1, -0.05) is 0 Å². The van der Waals surface area contributed by atoms with E-state index < -0.39 is 22.1 Å². The molecule has 11 heteroatoms. The molecule has 2 atom stereocenters. The number of nitrogens with one attached hydrogen (secondary N) is 3. The van der Waals surface area contributed by atoms with E-state index >= 15 is 0 Å². The third-order valence-corrected chi connectivity index (χ3v) is 7.25. The average molecular weight is 487 g/mol. The van der Waals surface area contributed by atoms with Gasteiger partial charge in [0.1, 0.15) is 11.8 Å². The zero-order valence-electron chi connectivity index (χ0n) is 18.6. The Bertz CT molecular complexity index is 1180. The van der Waals surface area contributed by atoms with E-state index in [1.807, 2.05) is 6.92 Å². The third-order valence-electron chi connectivity index (χ3n) is 5.85. The fourth-order valence-electron chi connectivity index (χ4n) is 4.19. The fraction of sp³-hybridized carbons (Fsp3) is 0.348. The summed E-state index contributed by atoms with van der Waals surface area (Å²) in [5.41, 5.74) is 0.742. The van der Waals surface area contributed by atoms with E-state index in [0.717, 1.165) is 6.42 Å². The Morgan fingerprint density at radius 1 is 1.12 bits per heavy atom. The van der Waals surface area contributed by atoms with Crippen LogP contribution in [-0.4, -0.2) is 56.9 Å². The summed E-state index contributed by atoms with van der Waals surface area (Å²) < 4.78 is 33.3. The van der Waals surface area contributed by atoms with E-state index in [2.05, 4.69) is 15.4 Å². The zero-order valence-corrected chi connectivity index (χ0v) is 19.4. The van der Waals surface area contributed by atoms with Crippen LogP contribution in [0.5, 0.6) is 5.75 Å². The Morgan fingerprint density at radius 2 is 1.82 bits per heavy atom. The first-order valence-electron chi connectivity index (χ1n) is 11.0. The summed E-state index contributed by atoms with van der Waals surface area (Å²) in [7, 11) is -3.84. The van der Waals surface area contributed by atoms with Gasteiger partial charge in [-0.3, -0.25) is 19.6 Å². The lowest BCUT2D eigenvalue weighted by molar-refractivity contribution is -0.121. The summed E-state index contributed by atoms with van der Waals surface area (Å²) in [6, 6.07) is 11.1. The minimum atomic E-state index is -3.84. The summed E-state index contributed by atoms with van der Waals surface area (Å²) in [4.78, 5) is 38.1. The van der Waals surface area contributed by atoms with Crippen molar-refractivity contribution in [3.63, 3.8) is 0 Å². The van der Waals surface area contributed by atoms with E-state index in [1.165, 1.54) is 24.3 Å². The van der Waals surface area contributed by atoms with Gasteiger partial charge in [-0.15, -0.1) is 0 Å². The molecule has 2 aromatic rings. The normalized spacial score (nSPS) is 20.4. The number of hydrogen-bond donors (Lipinski definition) is 3. The van der Waals surface area contributed by atoms with Crippen molar-refractivity contribution in [3.8, 4) is 5.75 Å². The second-order valence-electron chi connectivity index (χ2n) is 8.18. The molecule has 2 unspecified atom stereocenters. The maximum absolute atomic E-state index is 13.0. The molecule has 0 saturated carbocycles. The van der Waals surface area contributed by atoms with Gasteiger partial charge in [-0.05, 0) is 68.3 Å². The molecule has 4 rings (SSSR count). The number of nitrogens with zero attached hydrogens (tertiary/aromatic N) is 1. The molecule has 180 valence electrons. The Morgan fingerprint density at radius 3 is 2.44 bits per heavy atom. The smallest absolute Gasteiger partial charge is 0.322 e. The molecule has 4 amide bonds. The molecule has 2 fully saturated rings. The Labute approximate surface area is 197 Å². The monoisotopic (exact) mass is 486 g/mol.